The molecule has 1 saturated heterocycles. The topological polar surface area (TPSA) is 65.0 Å². The highest BCUT2D eigenvalue weighted by atomic mass is 35.5. The molecule has 0 unspecified atom stereocenters. The van der Waals surface area contributed by atoms with Crippen LogP contribution in [0.1, 0.15) is 17.0 Å². The smallest absolute Gasteiger partial charge is 0.0763 e. The number of aromatic amines is 1. The van der Waals surface area contributed by atoms with E-state index in [1.165, 1.54) is 0 Å². The number of β-amino-alcohol motifs (C(OH)–C–C–N with tert-alkyl or cyclic N) is 1. The third kappa shape index (κ3) is 3.10. The van der Waals surface area contributed by atoms with Crippen molar-refractivity contribution in [2.75, 3.05) is 18.0 Å². The third-order valence-electron chi connectivity index (χ3n) is 4.95. The Hall–Kier alpha value is -2.11. The minimum absolute atomic E-state index is 0.159. The second-order valence-electron chi connectivity index (χ2n) is 6.93. The SMILES string of the molecule is Cc1cc(C[C@@H]2CN(c3ccnc4c(C)cc(Cl)cc34)C[C@@H]2O)n[nH]1. The first-order valence-electron chi connectivity index (χ1n) is 8.50. The van der Waals surface area contributed by atoms with Crippen LogP contribution in [-0.4, -0.2) is 39.5 Å². The summed E-state index contributed by atoms with van der Waals surface area (Å²) in [4.78, 5) is 6.73. The Balaban J connectivity index is 1.64. The van der Waals surface area contributed by atoms with Crippen LogP contribution in [0.5, 0.6) is 0 Å². The Labute approximate surface area is 151 Å². The van der Waals surface area contributed by atoms with Crippen LogP contribution in [0.4, 0.5) is 5.69 Å². The summed E-state index contributed by atoms with van der Waals surface area (Å²) in [6, 6.07) is 7.94. The quantitative estimate of drug-likeness (QED) is 0.756. The summed E-state index contributed by atoms with van der Waals surface area (Å²) < 4.78 is 0. The van der Waals surface area contributed by atoms with E-state index >= 15 is 0 Å². The molecule has 6 heteroatoms. The van der Waals surface area contributed by atoms with Crippen molar-refractivity contribution in [3.63, 3.8) is 0 Å². The third-order valence-corrected chi connectivity index (χ3v) is 5.17. The summed E-state index contributed by atoms with van der Waals surface area (Å²) in [5, 5.41) is 19.6. The molecule has 0 saturated carbocycles. The van der Waals surface area contributed by atoms with Crippen LogP contribution >= 0.6 is 11.6 Å². The summed E-state index contributed by atoms with van der Waals surface area (Å²) >= 11 is 6.26. The van der Waals surface area contributed by atoms with Gasteiger partial charge in [0.05, 0.1) is 17.3 Å². The van der Waals surface area contributed by atoms with Gasteiger partial charge in [-0.25, -0.2) is 0 Å². The Kier molecular flexibility index (Phi) is 4.13. The zero-order chi connectivity index (χ0) is 17.6. The lowest BCUT2D eigenvalue weighted by atomic mass is 10.00. The molecule has 0 aliphatic carbocycles. The zero-order valence-electron chi connectivity index (χ0n) is 14.3. The Morgan fingerprint density at radius 3 is 2.88 bits per heavy atom. The number of anilines is 1. The summed E-state index contributed by atoms with van der Waals surface area (Å²) in [6.45, 7) is 5.41. The van der Waals surface area contributed by atoms with Crippen molar-refractivity contribution >= 4 is 28.2 Å². The van der Waals surface area contributed by atoms with Gasteiger partial charge >= 0.3 is 0 Å². The maximum absolute atomic E-state index is 10.5. The molecule has 4 rings (SSSR count). The summed E-state index contributed by atoms with van der Waals surface area (Å²) in [7, 11) is 0. The van der Waals surface area contributed by atoms with Crippen LogP contribution in [0.15, 0.2) is 30.5 Å². The zero-order valence-corrected chi connectivity index (χ0v) is 15.1. The van der Waals surface area contributed by atoms with Gasteiger partial charge in [-0.3, -0.25) is 10.1 Å². The predicted octanol–water partition coefficient (Wildman–Crippen LogP) is 3.27. The van der Waals surface area contributed by atoms with E-state index in [4.69, 9.17) is 11.6 Å². The average molecular weight is 357 g/mol. The van der Waals surface area contributed by atoms with Gasteiger partial charge in [0.25, 0.3) is 0 Å². The summed E-state index contributed by atoms with van der Waals surface area (Å²) in [5.41, 5.74) is 5.15. The van der Waals surface area contributed by atoms with Gasteiger partial charge in [0, 0.05) is 47.0 Å². The number of hydrogen-bond donors (Lipinski definition) is 2. The van der Waals surface area contributed by atoms with Crippen LogP contribution in [0.3, 0.4) is 0 Å². The van der Waals surface area contributed by atoms with Gasteiger partial charge in [-0.15, -0.1) is 0 Å². The Morgan fingerprint density at radius 2 is 2.12 bits per heavy atom. The van der Waals surface area contributed by atoms with Crippen LogP contribution in [0.25, 0.3) is 10.9 Å². The molecule has 2 atom stereocenters. The van der Waals surface area contributed by atoms with Gasteiger partial charge < -0.3 is 10.0 Å². The molecule has 130 valence electrons. The second kappa shape index (κ2) is 6.32. The predicted molar refractivity (Wildman–Crippen MR) is 100 cm³/mol. The maximum Gasteiger partial charge on any atom is 0.0763 e. The van der Waals surface area contributed by atoms with Gasteiger partial charge in [-0.1, -0.05) is 11.6 Å². The van der Waals surface area contributed by atoms with Crippen molar-refractivity contribution in [3.05, 3.63) is 52.4 Å². The number of pyridine rings is 1. The number of aliphatic hydroxyl groups is 1. The molecule has 3 heterocycles. The van der Waals surface area contributed by atoms with Gasteiger partial charge in [-0.2, -0.15) is 5.10 Å². The number of H-pyrrole nitrogens is 1. The molecule has 0 radical (unpaired) electrons. The van der Waals surface area contributed by atoms with E-state index in [0.29, 0.717) is 11.6 Å². The van der Waals surface area contributed by atoms with E-state index in [-0.39, 0.29) is 12.0 Å². The fourth-order valence-electron chi connectivity index (χ4n) is 3.75. The highest BCUT2D eigenvalue weighted by Crippen LogP contribution is 2.34. The van der Waals surface area contributed by atoms with E-state index in [0.717, 1.165) is 46.5 Å². The molecule has 1 fully saturated rings. The van der Waals surface area contributed by atoms with Crippen molar-refractivity contribution < 1.29 is 5.11 Å². The molecule has 2 aromatic heterocycles. The number of aryl methyl sites for hydroxylation is 2. The van der Waals surface area contributed by atoms with Gasteiger partial charge in [0.2, 0.25) is 0 Å². The molecular formula is C19H21ClN4O. The molecule has 1 aromatic carbocycles. The summed E-state index contributed by atoms with van der Waals surface area (Å²) in [5.74, 6) is 0.159. The van der Waals surface area contributed by atoms with Crippen LogP contribution in [-0.2, 0) is 6.42 Å². The van der Waals surface area contributed by atoms with Crippen molar-refractivity contribution in [2.45, 2.75) is 26.4 Å². The number of nitrogens with one attached hydrogen (secondary N) is 1. The van der Waals surface area contributed by atoms with Crippen molar-refractivity contribution in [2.24, 2.45) is 5.92 Å². The monoisotopic (exact) mass is 356 g/mol. The average Bonchev–Trinajstić information content (AvgIpc) is 3.13. The lowest BCUT2D eigenvalue weighted by molar-refractivity contribution is 0.148. The van der Waals surface area contributed by atoms with E-state index in [2.05, 4.69) is 20.1 Å². The number of nitrogens with zero attached hydrogens (tertiary/aromatic N) is 3. The molecule has 1 aliphatic rings. The van der Waals surface area contributed by atoms with Gasteiger partial charge in [0.1, 0.15) is 0 Å². The molecule has 2 N–H and O–H groups in total. The van der Waals surface area contributed by atoms with Gasteiger partial charge in [-0.05, 0) is 50.1 Å². The number of rotatable bonds is 3. The highest BCUT2D eigenvalue weighted by Gasteiger charge is 2.32. The lowest BCUT2D eigenvalue weighted by Gasteiger charge is -2.20. The molecule has 0 amide bonds. The molecular weight excluding hydrogens is 336 g/mol. The minimum Gasteiger partial charge on any atom is -0.391 e. The highest BCUT2D eigenvalue weighted by molar-refractivity contribution is 6.31. The molecule has 25 heavy (non-hydrogen) atoms. The number of aromatic nitrogens is 3. The minimum atomic E-state index is -0.375. The summed E-state index contributed by atoms with van der Waals surface area (Å²) in [6.07, 6.45) is 2.22. The number of aliphatic hydroxyl groups excluding tert-OH is 1. The molecule has 0 spiro atoms. The molecule has 1 aliphatic heterocycles. The number of hydrogen-bond acceptors (Lipinski definition) is 4. The lowest BCUT2D eigenvalue weighted by Crippen LogP contribution is -2.21. The number of benzene rings is 1. The first-order chi connectivity index (χ1) is 12.0. The second-order valence-corrected chi connectivity index (χ2v) is 7.36. The van der Waals surface area contributed by atoms with E-state index in [1.807, 2.05) is 44.3 Å². The van der Waals surface area contributed by atoms with Crippen molar-refractivity contribution in [1.29, 1.82) is 0 Å². The van der Waals surface area contributed by atoms with Crippen molar-refractivity contribution in [1.82, 2.24) is 15.2 Å². The molecule has 3 aromatic rings. The first kappa shape index (κ1) is 16.4. The Morgan fingerprint density at radius 1 is 1.28 bits per heavy atom. The standard InChI is InChI=1S/C19H21ClN4O/c1-11-5-14(20)8-16-17(3-4-21-19(11)16)24-9-13(18(25)10-24)7-15-6-12(2)22-23-15/h3-6,8,13,18,25H,7,9-10H2,1-2H3,(H,22,23)/t13-,18+/m1/s1. The first-order valence-corrected chi connectivity index (χ1v) is 8.88. The van der Waals surface area contributed by atoms with Crippen LogP contribution in [0.2, 0.25) is 5.02 Å². The van der Waals surface area contributed by atoms with E-state index in [9.17, 15) is 5.11 Å². The Bertz CT molecular complexity index is 923. The van der Waals surface area contributed by atoms with Crippen LogP contribution < -0.4 is 4.90 Å². The molecule has 5 nitrogen and oxygen atoms in total. The van der Waals surface area contributed by atoms with Crippen LogP contribution in [0, 0.1) is 19.8 Å². The number of fused-ring (bicyclic) bond motifs is 1. The molecule has 0 bridgehead atoms. The maximum atomic E-state index is 10.5. The largest absolute Gasteiger partial charge is 0.391 e. The van der Waals surface area contributed by atoms with Crippen molar-refractivity contribution in [3.8, 4) is 0 Å². The van der Waals surface area contributed by atoms with E-state index in [1.54, 1.807) is 0 Å². The normalized spacial score (nSPS) is 20.6. The fraction of sp³-hybridized carbons (Fsp3) is 0.368. The van der Waals surface area contributed by atoms with Gasteiger partial charge in [0.15, 0.2) is 0 Å². The number of halogens is 1. The van der Waals surface area contributed by atoms with E-state index < -0.39 is 0 Å². The fourth-order valence-corrected chi connectivity index (χ4v) is 4.02.